The van der Waals surface area contributed by atoms with Crippen molar-refractivity contribution in [1.29, 1.82) is 0 Å². The van der Waals surface area contributed by atoms with Crippen molar-refractivity contribution in [3.8, 4) is 5.69 Å². The Bertz CT molecular complexity index is 795. The molecule has 1 aromatic carbocycles. The second kappa shape index (κ2) is 4.79. The van der Waals surface area contributed by atoms with Gasteiger partial charge >= 0.3 is 6.18 Å². The minimum Gasteiger partial charge on any atom is -0.237 e. The van der Waals surface area contributed by atoms with E-state index in [0.717, 1.165) is 6.20 Å². The Balaban J connectivity index is 2.56. The number of aromatic nitrogens is 2. The van der Waals surface area contributed by atoms with Crippen LogP contribution < -0.4 is 0 Å². The third-order valence-corrected chi connectivity index (χ3v) is 3.64. The highest BCUT2D eigenvalue weighted by Crippen LogP contribution is 2.29. The van der Waals surface area contributed by atoms with Gasteiger partial charge in [0.1, 0.15) is 22.2 Å². The molecular weight excluding hydrogens is 319 g/mol. The molecule has 21 heavy (non-hydrogen) atoms. The highest BCUT2D eigenvalue weighted by atomic mass is 32.2. The van der Waals surface area contributed by atoms with Gasteiger partial charge in [-0.1, -0.05) is 0 Å². The summed E-state index contributed by atoms with van der Waals surface area (Å²) >= 11 is 0. The highest BCUT2D eigenvalue weighted by molar-refractivity contribution is 7.90. The van der Waals surface area contributed by atoms with Gasteiger partial charge in [0.05, 0.1) is 0 Å². The van der Waals surface area contributed by atoms with Gasteiger partial charge in [0, 0.05) is 18.5 Å². The average Bonchev–Trinajstić information content (AvgIpc) is 2.79. The lowest BCUT2D eigenvalue weighted by atomic mass is 10.3. The van der Waals surface area contributed by atoms with Gasteiger partial charge in [-0.15, -0.1) is 0 Å². The molecule has 1 aromatic heterocycles. The van der Waals surface area contributed by atoms with Crippen LogP contribution in [-0.4, -0.2) is 24.5 Å². The summed E-state index contributed by atoms with van der Waals surface area (Å²) in [6, 6.07) is 1.45. The van der Waals surface area contributed by atoms with Crippen LogP contribution in [0.3, 0.4) is 0 Å². The normalized spacial score (nSPS) is 12.7. The Labute approximate surface area is 115 Å². The topological polar surface area (TPSA) is 52.0 Å². The van der Waals surface area contributed by atoms with Crippen LogP contribution in [0.5, 0.6) is 0 Å². The van der Waals surface area contributed by atoms with E-state index in [1.54, 1.807) is 0 Å². The number of alkyl halides is 3. The van der Waals surface area contributed by atoms with Gasteiger partial charge < -0.3 is 0 Å². The number of hydrogen-bond donors (Lipinski definition) is 0. The molecule has 0 saturated heterocycles. The van der Waals surface area contributed by atoms with E-state index in [4.69, 9.17) is 0 Å². The SMILES string of the molecule is CS(=O)(=O)c1cc(F)c(-n2ccc(C(F)(F)F)n2)cc1F. The quantitative estimate of drug-likeness (QED) is 0.797. The molecule has 0 N–H and O–H groups in total. The molecular formula is C11H7F5N2O2S. The van der Waals surface area contributed by atoms with E-state index in [9.17, 15) is 30.4 Å². The zero-order valence-electron chi connectivity index (χ0n) is 10.3. The van der Waals surface area contributed by atoms with Crippen molar-refractivity contribution in [2.24, 2.45) is 0 Å². The summed E-state index contributed by atoms with van der Waals surface area (Å²) in [5, 5.41) is 3.08. The van der Waals surface area contributed by atoms with Crippen molar-refractivity contribution >= 4 is 9.84 Å². The molecule has 0 spiro atoms. The molecule has 0 aliphatic carbocycles. The third-order valence-electron chi connectivity index (χ3n) is 2.53. The molecule has 1 heterocycles. The molecule has 0 unspecified atom stereocenters. The Morgan fingerprint density at radius 2 is 1.76 bits per heavy atom. The zero-order chi connectivity index (χ0) is 16.0. The maximum Gasteiger partial charge on any atom is 0.435 e. The zero-order valence-corrected chi connectivity index (χ0v) is 11.1. The molecule has 0 aliphatic rings. The maximum absolute atomic E-state index is 13.8. The standard InChI is InChI=1S/C11H7F5N2O2S/c1-21(19,20)9-5-6(12)8(4-7(9)13)18-3-2-10(17-18)11(14,15)16/h2-5H,1H3. The lowest BCUT2D eigenvalue weighted by molar-refractivity contribution is -0.141. The number of halogens is 5. The largest absolute Gasteiger partial charge is 0.435 e. The molecule has 10 heteroatoms. The van der Waals surface area contributed by atoms with Gasteiger partial charge in [0.25, 0.3) is 0 Å². The van der Waals surface area contributed by atoms with Crippen LogP contribution >= 0.6 is 0 Å². The van der Waals surface area contributed by atoms with Crippen LogP contribution in [0, 0.1) is 11.6 Å². The summed E-state index contributed by atoms with van der Waals surface area (Å²) in [7, 11) is -4.00. The van der Waals surface area contributed by atoms with Crippen LogP contribution in [-0.2, 0) is 16.0 Å². The summed E-state index contributed by atoms with van der Waals surface area (Å²) in [5.74, 6) is -2.49. The maximum atomic E-state index is 13.8. The van der Waals surface area contributed by atoms with Crippen molar-refractivity contribution in [2.45, 2.75) is 11.1 Å². The van der Waals surface area contributed by atoms with Gasteiger partial charge in [-0.05, 0) is 12.1 Å². The fraction of sp³-hybridized carbons (Fsp3) is 0.182. The van der Waals surface area contributed by atoms with Gasteiger partial charge in [0.2, 0.25) is 0 Å². The van der Waals surface area contributed by atoms with E-state index in [1.807, 2.05) is 0 Å². The van der Waals surface area contributed by atoms with E-state index in [-0.39, 0.29) is 0 Å². The molecule has 0 atom stereocenters. The molecule has 0 saturated carbocycles. The summed E-state index contributed by atoms with van der Waals surface area (Å²) < 4.78 is 87.5. The second-order valence-electron chi connectivity index (χ2n) is 4.15. The first-order valence-electron chi connectivity index (χ1n) is 5.32. The molecule has 2 aromatic rings. The lowest BCUT2D eigenvalue weighted by Crippen LogP contribution is -2.09. The van der Waals surface area contributed by atoms with Crippen LogP contribution in [0.1, 0.15) is 5.69 Å². The van der Waals surface area contributed by atoms with Crippen LogP contribution in [0.2, 0.25) is 0 Å². The number of nitrogens with zero attached hydrogens (tertiary/aromatic N) is 2. The Hall–Kier alpha value is -1.97. The number of benzene rings is 1. The summed E-state index contributed by atoms with van der Waals surface area (Å²) in [6.45, 7) is 0. The predicted octanol–water partition coefficient (Wildman–Crippen LogP) is 2.57. The first kappa shape index (κ1) is 15.4. The third kappa shape index (κ3) is 3.04. The Morgan fingerprint density at radius 3 is 2.24 bits per heavy atom. The molecule has 0 fully saturated rings. The molecule has 0 aliphatic heterocycles. The fourth-order valence-electron chi connectivity index (χ4n) is 1.59. The first-order valence-corrected chi connectivity index (χ1v) is 7.21. The monoisotopic (exact) mass is 326 g/mol. The van der Waals surface area contributed by atoms with Crippen LogP contribution in [0.15, 0.2) is 29.3 Å². The Kier molecular flexibility index (Phi) is 3.52. The van der Waals surface area contributed by atoms with Gasteiger partial charge in [-0.2, -0.15) is 18.3 Å². The van der Waals surface area contributed by atoms with E-state index in [2.05, 4.69) is 5.10 Å². The van der Waals surface area contributed by atoms with Gasteiger partial charge in [-0.3, -0.25) is 0 Å². The lowest BCUT2D eigenvalue weighted by Gasteiger charge is -2.07. The molecule has 4 nitrogen and oxygen atoms in total. The van der Waals surface area contributed by atoms with Crippen LogP contribution in [0.25, 0.3) is 5.69 Å². The smallest absolute Gasteiger partial charge is 0.237 e. The number of rotatable bonds is 2. The van der Waals surface area contributed by atoms with Crippen molar-refractivity contribution in [1.82, 2.24) is 9.78 Å². The van der Waals surface area contributed by atoms with Crippen LogP contribution in [0.4, 0.5) is 22.0 Å². The van der Waals surface area contributed by atoms with Gasteiger partial charge in [-0.25, -0.2) is 21.9 Å². The van der Waals surface area contributed by atoms with Crippen molar-refractivity contribution in [2.75, 3.05) is 6.26 Å². The summed E-state index contributed by atoms with van der Waals surface area (Å²) in [6.07, 6.45) is -3.26. The number of sulfone groups is 1. The molecule has 2 rings (SSSR count). The van der Waals surface area contributed by atoms with E-state index in [1.165, 1.54) is 0 Å². The molecule has 0 bridgehead atoms. The Morgan fingerprint density at radius 1 is 1.14 bits per heavy atom. The molecule has 114 valence electrons. The number of hydrogen-bond acceptors (Lipinski definition) is 3. The van der Waals surface area contributed by atoms with Crippen molar-refractivity contribution < 1.29 is 30.4 Å². The van der Waals surface area contributed by atoms with E-state index in [0.29, 0.717) is 29.1 Å². The van der Waals surface area contributed by atoms with Crippen molar-refractivity contribution in [3.05, 3.63) is 41.7 Å². The fourth-order valence-corrected chi connectivity index (χ4v) is 2.32. The average molecular weight is 326 g/mol. The molecule has 0 amide bonds. The summed E-state index contributed by atoms with van der Waals surface area (Å²) in [5.41, 5.74) is -1.91. The predicted molar refractivity (Wildman–Crippen MR) is 61.6 cm³/mol. The first-order chi connectivity index (χ1) is 9.50. The second-order valence-corrected chi connectivity index (χ2v) is 6.13. The van der Waals surface area contributed by atoms with Gasteiger partial charge in [0.15, 0.2) is 15.5 Å². The minimum atomic E-state index is -4.73. The molecule has 0 radical (unpaired) electrons. The van der Waals surface area contributed by atoms with E-state index < -0.39 is 43.9 Å². The summed E-state index contributed by atoms with van der Waals surface area (Å²) in [4.78, 5) is -0.882. The highest BCUT2D eigenvalue weighted by Gasteiger charge is 2.34. The van der Waals surface area contributed by atoms with Crippen molar-refractivity contribution in [3.63, 3.8) is 0 Å². The van der Waals surface area contributed by atoms with E-state index >= 15 is 0 Å². The minimum absolute atomic E-state index is 0.398.